The highest BCUT2D eigenvalue weighted by Crippen LogP contribution is 2.31. The number of urea groups is 1. The minimum Gasteiger partial charge on any atom is -0.481 e. The standard InChI is InChI=1S/C44H62N8O9/c1-5-52(3,4)28-36-26-51(50-49-36)27-40(55)46-25-30-13-17-33(18-14-30)39(54)24-35(23-31-15-16-32-10-6-7-11-34(32)22-31)42(58)45-21-9-8-12-38(43(59)60)48-44(61)47-37(29(2)53)19-20-41(56)57/h6-7,10-11,15-16,22,26,30,33,35,37-38H,5,8-9,12-14,17-21,23-25,27-28H2,1-4H3,(H5-,45,46,47,48,55,56,57,58,59,60,61)/p+1. The molecule has 0 spiro atoms. The Morgan fingerprint density at radius 1 is 0.885 bits per heavy atom. The van der Waals surface area contributed by atoms with Gasteiger partial charge in [0.1, 0.15) is 30.6 Å². The number of quaternary nitrogens is 1. The number of carbonyl (C=O) groups is 7. The first-order valence-corrected chi connectivity index (χ1v) is 21.3. The molecule has 6 N–H and O–H groups in total. The average molecular weight is 848 g/mol. The van der Waals surface area contributed by atoms with E-state index in [0.717, 1.165) is 52.4 Å². The van der Waals surface area contributed by atoms with Gasteiger partial charge in [-0.2, -0.15) is 0 Å². The van der Waals surface area contributed by atoms with E-state index in [4.69, 9.17) is 5.11 Å². The van der Waals surface area contributed by atoms with Crippen molar-refractivity contribution in [2.45, 2.75) is 110 Å². The van der Waals surface area contributed by atoms with Gasteiger partial charge in [-0.3, -0.25) is 24.0 Å². The number of ketones is 2. The van der Waals surface area contributed by atoms with E-state index in [1.807, 2.05) is 48.7 Å². The number of amides is 4. The molecule has 61 heavy (non-hydrogen) atoms. The van der Waals surface area contributed by atoms with E-state index in [9.17, 15) is 38.7 Å². The number of hydrogen-bond donors (Lipinski definition) is 6. The molecule has 1 aromatic heterocycles. The molecule has 17 heteroatoms. The fraction of sp³-hybridized carbons (Fsp3) is 0.568. The first-order valence-electron chi connectivity index (χ1n) is 21.3. The quantitative estimate of drug-likeness (QED) is 0.0532. The minimum absolute atomic E-state index is 0.0407. The summed E-state index contributed by atoms with van der Waals surface area (Å²) in [6, 6.07) is 10.7. The molecule has 4 amide bonds. The Morgan fingerprint density at radius 2 is 1.59 bits per heavy atom. The molecular formula is C44H63N8O9+. The summed E-state index contributed by atoms with van der Waals surface area (Å²) in [5, 5.41) is 39.7. The lowest BCUT2D eigenvalue weighted by Crippen LogP contribution is -2.50. The van der Waals surface area contributed by atoms with E-state index in [1.165, 1.54) is 6.92 Å². The van der Waals surface area contributed by atoms with Crippen LogP contribution in [0.1, 0.15) is 89.3 Å². The summed E-state index contributed by atoms with van der Waals surface area (Å²) in [5.74, 6) is -3.79. The largest absolute Gasteiger partial charge is 0.481 e. The predicted molar refractivity (Wildman–Crippen MR) is 227 cm³/mol. The zero-order chi connectivity index (χ0) is 44.5. The second kappa shape index (κ2) is 23.3. The summed E-state index contributed by atoms with van der Waals surface area (Å²) in [5.41, 5.74) is 1.76. The van der Waals surface area contributed by atoms with E-state index in [-0.39, 0.29) is 68.2 Å². The number of unbranched alkanes of at least 4 members (excludes halogenated alkanes) is 1. The van der Waals surface area contributed by atoms with Gasteiger partial charge in [0.05, 0.1) is 32.9 Å². The van der Waals surface area contributed by atoms with Crippen LogP contribution >= 0.6 is 0 Å². The number of benzene rings is 2. The Kier molecular flexibility index (Phi) is 18.3. The SMILES string of the molecule is CC[N+](C)(C)Cc1cn(CC(=O)NCC2CCC(C(=O)CC(Cc3ccc4ccccc4c3)C(=O)NCCCCC(NC(=O)NC(CCC(=O)O)C(C)=O)C(=O)O)CC2)nn1. The maximum absolute atomic E-state index is 13.8. The topological polar surface area (TPSA) is 239 Å². The fourth-order valence-electron chi connectivity index (χ4n) is 7.60. The van der Waals surface area contributed by atoms with Crippen molar-refractivity contribution in [3.8, 4) is 0 Å². The molecule has 2 aromatic carbocycles. The molecule has 3 aromatic rings. The van der Waals surface area contributed by atoms with Crippen molar-refractivity contribution in [2.75, 3.05) is 33.7 Å². The van der Waals surface area contributed by atoms with Crippen LogP contribution < -0.4 is 21.3 Å². The van der Waals surface area contributed by atoms with Crippen molar-refractivity contribution < 1.29 is 48.3 Å². The number of Topliss-reactive ketones (excluding diaryl/α,β-unsaturated/α-hetero) is 2. The number of aliphatic carboxylic acids is 2. The van der Waals surface area contributed by atoms with Crippen LogP contribution in [0.15, 0.2) is 48.7 Å². The number of carboxylic acids is 2. The summed E-state index contributed by atoms with van der Waals surface area (Å²) in [6.45, 7) is 5.82. The van der Waals surface area contributed by atoms with Crippen molar-refractivity contribution >= 4 is 52.1 Å². The maximum Gasteiger partial charge on any atom is 0.326 e. The first kappa shape index (κ1) is 48.0. The molecule has 0 saturated heterocycles. The van der Waals surface area contributed by atoms with Crippen molar-refractivity contribution in [3.63, 3.8) is 0 Å². The lowest BCUT2D eigenvalue weighted by Gasteiger charge is -2.28. The molecule has 0 bridgehead atoms. The van der Waals surface area contributed by atoms with Gasteiger partial charge >= 0.3 is 18.0 Å². The van der Waals surface area contributed by atoms with E-state index in [2.05, 4.69) is 52.6 Å². The second-order valence-electron chi connectivity index (χ2n) is 17.0. The molecular weight excluding hydrogens is 785 g/mol. The molecule has 0 radical (unpaired) electrons. The number of carboxylic acid groups (broad SMARTS) is 2. The summed E-state index contributed by atoms with van der Waals surface area (Å²) < 4.78 is 2.32. The molecule has 17 nitrogen and oxygen atoms in total. The van der Waals surface area contributed by atoms with Crippen LogP contribution in [0.3, 0.4) is 0 Å². The van der Waals surface area contributed by atoms with Gasteiger partial charge in [0, 0.05) is 37.8 Å². The van der Waals surface area contributed by atoms with Gasteiger partial charge in [-0.05, 0) is 93.9 Å². The van der Waals surface area contributed by atoms with E-state index >= 15 is 0 Å². The van der Waals surface area contributed by atoms with E-state index in [0.29, 0.717) is 38.6 Å². The molecule has 3 atom stereocenters. The van der Waals surface area contributed by atoms with E-state index in [1.54, 1.807) is 4.68 Å². The summed E-state index contributed by atoms with van der Waals surface area (Å²) in [4.78, 5) is 87.3. The number of nitrogens with zero attached hydrogens (tertiary/aromatic N) is 4. The normalized spacial score (nSPS) is 16.8. The molecule has 1 aliphatic carbocycles. The third-order valence-corrected chi connectivity index (χ3v) is 11.6. The van der Waals surface area contributed by atoms with Gasteiger partial charge in [0.25, 0.3) is 0 Å². The van der Waals surface area contributed by atoms with Gasteiger partial charge in [-0.1, -0.05) is 47.7 Å². The Morgan fingerprint density at radius 3 is 2.26 bits per heavy atom. The number of carbonyl (C=O) groups excluding carboxylic acids is 5. The highest BCUT2D eigenvalue weighted by molar-refractivity contribution is 5.90. The molecule has 1 saturated carbocycles. The molecule has 3 unspecified atom stereocenters. The second-order valence-corrected chi connectivity index (χ2v) is 17.0. The Balaban J connectivity index is 1.26. The van der Waals surface area contributed by atoms with Gasteiger partial charge in [0.2, 0.25) is 11.8 Å². The monoisotopic (exact) mass is 847 g/mol. The number of nitrogens with one attached hydrogen (secondary N) is 4. The molecule has 1 fully saturated rings. The van der Waals surface area contributed by atoms with Crippen LogP contribution in [-0.2, 0) is 48.3 Å². The van der Waals surface area contributed by atoms with Crippen LogP contribution in [0, 0.1) is 17.8 Å². The highest BCUT2D eigenvalue weighted by atomic mass is 16.4. The Hall–Kier alpha value is -5.71. The summed E-state index contributed by atoms with van der Waals surface area (Å²) >= 11 is 0. The number of hydrogen-bond acceptors (Lipinski definition) is 9. The van der Waals surface area contributed by atoms with Crippen molar-refractivity contribution in [1.29, 1.82) is 0 Å². The highest BCUT2D eigenvalue weighted by Gasteiger charge is 2.31. The van der Waals surface area contributed by atoms with Crippen molar-refractivity contribution in [2.24, 2.45) is 17.8 Å². The molecule has 4 rings (SSSR count). The molecule has 1 aliphatic rings. The lowest BCUT2D eigenvalue weighted by atomic mass is 9.77. The smallest absolute Gasteiger partial charge is 0.326 e. The minimum atomic E-state index is -1.28. The number of aromatic nitrogens is 3. The van der Waals surface area contributed by atoms with Crippen molar-refractivity contribution in [3.05, 3.63) is 59.9 Å². The van der Waals surface area contributed by atoms with Crippen LogP contribution in [0.25, 0.3) is 10.8 Å². The third kappa shape index (κ3) is 16.3. The van der Waals surface area contributed by atoms with Crippen LogP contribution in [0.4, 0.5) is 4.79 Å². The zero-order valence-corrected chi connectivity index (χ0v) is 35.9. The Labute approximate surface area is 357 Å². The molecule has 0 aliphatic heterocycles. The summed E-state index contributed by atoms with van der Waals surface area (Å²) in [7, 11) is 4.23. The number of fused-ring (bicyclic) bond motifs is 1. The van der Waals surface area contributed by atoms with Gasteiger partial charge < -0.3 is 36.0 Å². The lowest BCUT2D eigenvalue weighted by molar-refractivity contribution is -0.902. The van der Waals surface area contributed by atoms with Crippen LogP contribution in [-0.4, -0.2) is 117 Å². The summed E-state index contributed by atoms with van der Waals surface area (Å²) in [6.07, 6.45) is 5.48. The van der Waals surface area contributed by atoms with Crippen LogP contribution in [0.2, 0.25) is 0 Å². The van der Waals surface area contributed by atoms with Crippen LogP contribution in [0.5, 0.6) is 0 Å². The zero-order valence-electron chi connectivity index (χ0n) is 35.9. The molecule has 332 valence electrons. The first-order chi connectivity index (χ1) is 29.0. The van der Waals surface area contributed by atoms with Crippen molar-refractivity contribution in [1.82, 2.24) is 36.3 Å². The van der Waals surface area contributed by atoms with Gasteiger partial charge in [0.15, 0.2) is 5.78 Å². The fourth-order valence-corrected chi connectivity index (χ4v) is 7.60. The Bertz CT molecular complexity index is 1990. The third-order valence-electron chi connectivity index (χ3n) is 11.6. The maximum atomic E-state index is 13.8. The van der Waals surface area contributed by atoms with Gasteiger partial charge in [-0.25, -0.2) is 14.3 Å². The number of rotatable bonds is 25. The average Bonchev–Trinajstić information content (AvgIpc) is 3.65. The van der Waals surface area contributed by atoms with E-state index < -0.39 is 41.8 Å². The van der Waals surface area contributed by atoms with Gasteiger partial charge in [-0.15, -0.1) is 5.10 Å². The predicted octanol–water partition coefficient (Wildman–Crippen LogP) is 3.63. The molecule has 1 heterocycles.